The zero-order valence-electron chi connectivity index (χ0n) is 8.35. The molecule has 3 N–H and O–H groups in total. The second-order valence-electron chi connectivity index (χ2n) is 3.55. The Morgan fingerprint density at radius 2 is 2.50 bits per heavy atom. The maximum Gasteiger partial charge on any atom is 0.242 e. The summed E-state index contributed by atoms with van der Waals surface area (Å²) in [6.07, 6.45) is 1.40. The average molecular weight is 243 g/mol. The summed E-state index contributed by atoms with van der Waals surface area (Å²) in [4.78, 5) is 19.2. The standard InChI is InChI=1S/C9H11ClN4O2/c10-9-11-2-1-7(14-9)13-8(16)6-3-5(15)4-12-6/h1-2,5-6,12,15H,3-4H2,(H,11,13,14,16). The van der Waals surface area contributed by atoms with E-state index in [2.05, 4.69) is 20.6 Å². The number of halogens is 1. The van der Waals surface area contributed by atoms with Crippen LogP contribution in [-0.4, -0.2) is 39.7 Å². The Morgan fingerprint density at radius 1 is 1.69 bits per heavy atom. The van der Waals surface area contributed by atoms with Gasteiger partial charge in [0.25, 0.3) is 0 Å². The van der Waals surface area contributed by atoms with Crippen LogP contribution < -0.4 is 10.6 Å². The second-order valence-corrected chi connectivity index (χ2v) is 3.89. The van der Waals surface area contributed by atoms with E-state index in [9.17, 15) is 9.90 Å². The lowest BCUT2D eigenvalue weighted by Gasteiger charge is -2.09. The van der Waals surface area contributed by atoms with Crippen molar-refractivity contribution < 1.29 is 9.90 Å². The molecule has 1 aromatic heterocycles. The van der Waals surface area contributed by atoms with Crippen LogP contribution >= 0.6 is 11.6 Å². The van der Waals surface area contributed by atoms with Gasteiger partial charge in [-0.15, -0.1) is 0 Å². The molecular formula is C9H11ClN4O2. The van der Waals surface area contributed by atoms with Crippen molar-refractivity contribution in [1.82, 2.24) is 15.3 Å². The normalized spacial score (nSPS) is 24.4. The van der Waals surface area contributed by atoms with Crippen molar-refractivity contribution in [2.24, 2.45) is 0 Å². The van der Waals surface area contributed by atoms with Crippen LogP contribution in [0.25, 0.3) is 0 Å². The summed E-state index contributed by atoms with van der Waals surface area (Å²) in [7, 11) is 0. The number of amides is 1. The quantitative estimate of drug-likeness (QED) is 0.625. The largest absolute Gasteiger partial charge is 0.392 e. The van der Waals surface area contributed by atoms with Crippen molar-refractivity contribution in [1.29, 1.82) is 0 Å². The number of rotatable bonds is 2. The number of aliphatic hydroxyl groups is 1. The van der Waals surface area contributed by atoms with Crippen molar-refractivity contribution in [2.75, 3.05) is 11.9 Å². The molecule has 16 heavy (non-hydrogen) atoms. The van der Waals surface area contributed by atoms with E-state index in [4.69, 9.17) is 11.6 Å². The van der Waals surface area contributed by atoms with Gasteiger partial charge in [0.15, 0.2) is 0 Å². The minimum absolute atomic E-state index is 0.0808. The molecule has 0 bridgehead atoms. The molecule has 1 aliphatic heterocycles. The monoisotopic (exact) mass is 242 g/mol. The molecule has 0 spiro atoms. The topological polar surface area (TPSA) is 87.1 Å². The fraction of sp³-hybridized carbons (Fsp3) is 0.444. The SMILES string of the molecule is O=C(Nc1ccnc(Cl)n1)C1CC(O)CN1. The molecule has 2 unspecified atom stereocenters. The van der Waals surface area contributed by atoms with E-state index in [1.165, 1.54) is 6.20 Å². The van der Waals surface area contributed by atoms with E-state index in [1.807, 2.05) is 0 Å². The Kier molecular flexibility index (Phi) is 3.33. The Labute approximate surface area is 97.0 Å². The van der Waals surface area contributed by atoms with Crippen molar-refractivity contribution in [3.8, 4) is 0 Å². The lowest BCUT2D eigenvalue weighted by Crippen LogP contribution is -2.35. The zero-order valence-corrected chi connectivity index (χ0v) is 9.11. The third kappa shape index (κ3) is 2.66. The van der Waals surface area contributed by atoms with Crippen LogP contribution in [0.1, 0.15) is 6.42 Å². The maximum absolute atomic E-state index is 11.7. The number of β-amino-alcohol motifs (C(OH)–C–C–N with tert-alkyl or cyclic N) is 1. The van der Waals surface area contributed by atoms with Crippen LogP contribution in [0.4, 0.5) is 5.82 Å². The van der Waals surface area contributed by atoms with Gasteiger partial charge in [-0.1, -0.05) is 0 Å². The first-order valence-corrected chi connectivity index (χ1v) is 5.24. The highest BCUT2D eigenvalue weighted by Gasteiger charge is 2.28. The van der Waals surface area contributed by atoms with Crippen molar-refractivity contribution >= 4 is 23.3 Å². The summed E-state index contributed by atoms with van der Waals surface area (Å²) in [5, 5.41) is 14.8. The van der Waals surface area contributed by atoms with Crippen LogP contribution in [0.2, 0.25) is 5.28 Å². The second kappa shape index (κ2) is 4.73. The van der Waals surface area contributed by atoms with Crippen LogP contribution in [0.5, 0.6) is 0 Å². The minimum Gasteiger partial charge on any atom is -0.392 e. The van der Waals surface area contributed by atoms with E-state index in [-0.39, 0.29) is 17.2 Å². The minimum atomic E-state index is -0.468. The summed E-state index contributed by atoms with van der Waals surface area (Å²) < 4.78 is 0. The molecular weight excluding hydrogens is 232 g/mol. The summed E-state index contributed by atoms with van der Waals surface area (Å²) in [6, 6.07) is 1.17. The van der Waals surface area contributed by atoms with Crippen molar-refractivity contribution in [3.05, 3.63) is 17.5 Å². The zero-order chi connectivity index (χ0) is 11.5. The Morgan fingerprint density at radius 3 is 3.12 bits per heavy atom. The number of nitrogens with one attached hydrogen (secondary N) is 2. The highest BCUT2D eigenvalue weighted by molar-refractivity contribution is 6.28. The van der Waals surface area contributed by atoms with E-state index in [0.29, 0.717) is 18.8 Å². The summed E-state index contributed by atoms with van der Waals surface area (Å²) in [6.45, 7) is 0.433. The fourth-order valence-electron chi connectivity index (χ4n) is 1.53. The van der Waals surface area contributed by atoms with E-state index in [0.717, 1.165) is 0 Å². The number of anilines is 1. The number of hydrogen-bond donors (Lipinski definition) is 3. The molecule has 1 amide bonds. The molecule has 6 nitrogen and oxygen atoms in total. The Hall–Kier alpha value is -1.24. The predicted molar refractivity (Wildman–Crippen MR) is 58.1 cm³/mol. The van der Waals surface area contributed by atoms with Gasteiger partial charge in [-0.25, -0.2) is 9.97 Å². The molecule has 1 aromatic rings. The third-order valence-electron chi connectivity index (χ3n) is 2.30. The van der Waals surface area contributed by atoms with Crippen molar-refractivity contribution in [2.45, 2.75) is 18.6 Å². The number of carbonyl (C=O) groups excluding carboxylic acids is 1. The van der Waals surface area contributed by atoms with Gasteiger partial charge in [0.05, 0.1) is 12.1 Å². The molecule has 0 aromatic carbocycles. The molecule has 2 atom stereocenters. The third-order valence-corrected chi connectivity index (χ3v) is 2.48. The van der Waals surface area contributed by atoms with E-state index < -0.39 is 6.10 Å². The van der Waals surface area contributed by atoms with Gasteiger partial charge in [0.1, 0.15) is 5.82 Å². The lowest BCUT2D eigenvalue weighted by molar-refractivity contribution is -0.117. The van der Waals surface area contributed by atoms with Gasteiger partial charge >= 0.3 is 0 Å². The predicted octanol–water partition coefficient (Wildman–Crippen LogP) is -0.209. The van der Waals surface area contributed by atoms with E-state index >= 15 is 0 Å². The lowest BCUT2D eigenvalue weighted by atomic mass is 10.2. The molecule has 2 rings (SSSR count). The number of aliphatic hydroxyl groups excluding tert-OH is 1. The highest BCUT2D eigenvalue weighted by Crippen LogP contribution is 2.10. The molecule has 2 heterocycles. The Balaban J connectivity index is 1.97. The number of aromatic nitrogens is 2. The first-order chi connectivity index (χ1) is 7.65. The number of carbonyl (C=O) groups is 1. The van der Waals surface area contributed by atoms with Gasteiger partial charge in [-0.05, 0) is 24.1 Å². The summed E-state index contributed by atoms with van der Waals surface area (Å²) >= 11 is 5.58. The number of nitrogens with zero attached hydrogens (tertiary/aromatic N) is 2. The molecule has 1 aliphatic rings. The molecule has 86 valence electrons. The van der Waals surface area contributed by atoms with E-state index in [1.54, 1.807) is 6.07 Å². The van der Waals surface area contributed by atoms with Gasteiger partial charge < -0.3 is 15.7 Å². The van der Waals surface area contributed by atoms with Crippen LogP contribution in [0, 0.1) is 0 Å². The van der Waals surface area contributed by atoms with Gasteiger partial charge in [0, 0.05) is 12.7 Å². The summed E-state index contributed by atoms with van der Waals surface area (Å²) in [5.41, 5.74) is 0. The van der Waals surface area contributed by atoms with Crippen molar-refractivity contribution in [3.63, 3.8) is 0 Å². The van der Waals surface area contributed by atoms with Gasteiger partial charge in [-0.2, -0.15) is 0 Å². The fourth-order valence-corrected chi connectivity index (χ4v) is 1.68. The molecule has 0 saturated carbocycles. The molecule has 0 radical (unpaired) electrons. The van der Waals surface area contributed by atoms with Gasteiger partial charge in [-0.3, -0.25) is 4.79 Å². The Bertz CT molecular complexity index is 401. The van der Waals surface area contributed by atoms with Crippen LogP contribution in [-0.2, 0) is 4.79 Å². The smallest absolute Gasteiger partial charge is 0.242 e. The highest BCUT2D eigenvalue weighted by atomic mass is 35.5. The molecule has 7 heteroatoms. The molecule has 1 fully saturated rings. The molecule has 0 aliphatic carbocycles. The first-order valence-electron chi connectivity index (χ1n) is 4.86. The van der Waals surface area contributed by atoms with Gasteiger partial charge in [0.2, 0.25) is 11.2 Å². The maximum atomic E-state index is 11.7. The number of hydrogen-bond acceptors (Lipinski definition) is 5. The van der Waals surface area contributed by atoms with Crippen LogP contribution in [0.15, 0.2) is 12.3 Å². The van der Waals surface area contributed by atoms with Crippen LogP contribution in [0.3, 0.4) is 0 Å². The first kappa shape index (κ1) is 11.3. The summed E-state index contributed by atoms with van der Waals surface area (Å²) in [5.74, 6) is 0.125. The molecule has 1 saturated heterocycles. The average Bonchev–Trinajstić information content (AvgIpc) is 2.65.